The van der Waals surface area contributed by atoms with Crippen LogP contribution in [0.5, 0.6) is 0 Å². The fourth-order valence-electron chi connectivity index (χ4n) is 1.62. The summed E-state index contributed by atoms with van der Waals surface area (Å²) in [4.78, 5) is 10.6. The number of hydrogen-bond acceptors (Lipinski definition) is 4. The van der Waals surface area contributed by atoms with Crippen LogP contribution in [0.15, 0.2) is 0 Å². The minimum atomic E-state index is -1.69. The monoisotopic (exact) mass is 217 g/mol. The Hall–Kier alpha value is -0.650. The molecular formula is C10H19NO4. The number of hydrogen-bond donors (Lipinski definition) is 3. The summed E-state index contributed by atoms with van der Waals surface area (Å²) in [5.74, 6) is -0.791. The van der Waals surface area contributed by atoms with Gasteiger partial charge in [0.25, 0.3) is 0 Å². The molecule has 5 nitrogen and oxygen atoms in total. The van der Waals surface area contributed by atoms with Crippen molar-refractivity contribution in [3.8, 4) is 0 Å². The number of aliphatic hydroxyl groups is 1. The van der Waals surface area contributed by atoms with Crippen LogP contribution in [0.4, 0.5) is 0 Å². The van der Waals surface area contributed by atoms with E-state index in [2.05, 4.69) is 5.32 Å². The molecule has 88 valence electrons. The molecule has 1 saturated heterocycles. The van der Waals surface area contributed by atoms with Crippen molar-refractivity contribution in [3.05, 3.63) is 0 Å². The summed E-state index contributed by atoms with van der Waals surface area (Å²) in [6, 6.07) is 0. The second-order valence-electron chi connectivity index (χ2n) is 4.33. The molecule has 0 radical (unpaired) electrons. The quantitative estimate of drug-likeness (QED) is 0.596. The van der Waals surface area contributed by atoms with Gasteiger partial charge >= 0.3 is 5.97 Å². The fraction of sp³-hybridized carbons (Fsp3) is 0.900. The van der Waals surface area contributed by atoms with Crippen molar-refractivity contribution in [3.63, 3.8) is 0 Å². The van der Waals surface area contributed by atoms with Crippen molar-refractivity contribution >= 4 is 5.97 Å². The molecular weight excluding hydrogens is 198 g/mol. The number of carboxylic acids is 1. The lowest BCUT2D eigenvalue weighted by Gasteiger charge is -2.21. The zero-order chi connectivity index (χ0) is 11.5. The molecule has 1 aliphatic rings. The average Bonchev–Trinajstić information content (AvgIpc) is 2.51. The lowest BCUT2D eigenvalue weighted by atomic mass is 10.0. The van der Waals surface area contributed by atoms with E-state index in [1.807, 2.05) is 6.92 Å². The highest BCUT2D eigenvalue weighted by molar-refractivity contribution is 5.76. The van der Waals surface area contributed by atoms with Gasteiger partial charge in [0.2, 0.25) is 0 Å². The third-order valence-corrected chi connectivity index (χ3v) is 2.87. The van der Waals surface area contributed by atoms with Crippen molar-refractivity contribution in [2.45, 2.75) is 32.0 Å². The number of rotatable bonds is 5. The molecule has 3 unspecified atom stereocenters. The minimum Gasteiger partial charge on any atom is -0.479 e. The SMILES string of the molecule is CC1OCCC1CNCC(C)(O)C(=O)O. The van der Waals surface area contributed by atoms with Crippen LogP contribution in [-0.2, 0) is 9.53 Å². The minimum absolute atomic E-state index is 0.0611. The van der Waals surface area contributed by atoms with Crippen molar-refractivity contribution in [1.29, 1.82) is 0 Å². The van der Waals surface area contributed by atoms with Gasteiger partial charge in [-0.25, -0.2) is 4.79 Å². The standard InChI is InChI=1S/C10H19NO4/c1-7-8(3-4-15-7)5-11-6-10(2,14)9(12)13/h7-8,11,14H,3-6H2,1-2H3,(H,12,13). The smallest absolute Gasteiger partial charge is 0.336 e. The summed E-state index contributed by atoms with van der Waals surface area (Å²) in [6.45, 7) is 4.81. The summed E-state index contributed by atoms with van der Waals surface area (Å²) in [6.07, 6.45) is 1.20. The van der Waals surface area contributed by atoms with Crippen LogP contribution >= 0.6 is 0 Å². The van der Waals surface area contributed by atoms with Gasteiger partial charge in [-0.3, -0.25) is 0 Å². The number of aliphatic carboxylic acids is 1. The Balaban J connectivity index is 2.24. The van der Waals surface area contributed by atoms with Gasteiger partial charge in [0.15, 0.2) is 5.60 Å². The zero-order valence-corrected chi connectivity index (χ0v) is 9.19. The fourth-order valence-corrected chi connectivity index (χ4v) is 1.62. The Morgan fingerprint density at radius 1 is 1.67 bits per heavy atom. The Labute approximate surface area is 89.4 Å². The van der Waals surface area contributed by atoms with E-state index in [9.17, 15) is 9.90 Å². The number of ether oxygens (including phenoxy) is 1. The maximum absolute atomic E-state index is 10.6. The normalized spacial score (nSPS) is 30.1. The summed E-state index contributed by atoms with van der Waals surface area (Å²) in [7, 11) is 0. The Morgan fingerprint density at radius 3 is 2.80 bits per heavy atom. The van der Waals surface area contributed by atoms with Gasteiger partial charge in [-0.1, -0.05) is 0 Å². The van der Waals surface area contributed by atoms with Crippen LogP contribution in [0, 0.1) is 5.92 Å². The van der Waals surface area contributed by atoms with Gasteiger partial charge in [0.05, 0.1) is 6.10 Å². The molecule has 0 aromatic heterocycles. The maximum Gasteiger partial charge on any atom is 0.336 e. The summed E-state index contributed by atoms with van der Waals surface area (Å²) >= 11 is 0. The van der Waals surface area contributed by atoms with Crippen LogP contribution in [0.25, 0.3) is 0 Å². The van der Waals surface area contributed by atoms with Crippen LogP contribution < -0.4 is 5.32 Å². The maximum atomic E-state index is 10.6. The largest absolute Gasteiger partial charge is 0.479 e. The van der Waals surface area contributed by atoms with Gasteiger partial charge in [0.1, 0.15) is 0 Å². The van der Waals surface area contributed by atoms with Crippen molar-refractivity contribution in [2.75, 3.05) is 19.7 Å². The van der Waals surface area contributed by atoms with E-state index in [4.69, 9.17) is 9.84 Å². The van der Waals surface area contributed by atoms with Gasteiger partial charge < -0.3 is 20.3 Å². The second kappa shape index (κ2) is 4.92. The zero-order valence-electron chi connectivity index (χ0n) is 9.19. The average molecular weight is 217 g/mol. The molecule has 0 aromatic rings. The van der Waals surface area contributed by atoms with Crippen LogP contribution in [0.3, 0.4) is 0 Å². The van der Waals surface area contributed by atoms with Crippen LogP contribution in [0.1, 0.15) is 20.3 Å². The van der Waals surface area contributed by atoms with Gasteiger partial charge in [-0.15, -0.1) is 0 Å². The highest BCUT2D eigenvalue weighted by Crippen LogP contribution is 2.19. The highest BCUT2D eigenvalue weighted by atomic mass is 16.5. The van der Waals surface area contributed by atoms with E-state index < -0.39 is 11.6 Å². The first-order valence-corrected chi connectivity index (χ1v) is 5.21. The first-order valence-electron chi connectivity index (χ1n) is 5.21. The van der Waals surface area contributed by atoms with E-state index in [1.165, 1.54) is 6.92 Å². The number of carboxylic acid groups (broad SMARTS) is 1. The molecule has 0 bridgehead atoms. The first kappa shape index (κ1) is 12.4. The molecule has 0 spiro atoms. The third kappa shape index (κ3) is 3.44. The van der Waals surface area contributed by atoms with Crippen molar-refractivity contribution in [2.24, 2.45) is 5.92 Å². The lowest BCUT2D eigenvalue weighted by Crippen LogP contribution is -2.46. The molecule has 1 rings (SSSR count). The topological polar surface area (TPSA) is 78.8 Å². The Bertz CT molecular complexity index is 229. The molecule has 0 aliphatic carbocycles. The molecule has 3 atom stereocenters. The highest BCUT2D eigenvalue weighted by Gasteiger charge is 2.30. The third-order valence-electron chi connectivity index (χ3n) is 2.87. The Morgan fingerprint density at radius 2 is 2.33 bits per heavy atom. The number of nitrogens with one attached hydrogen (secondary N) is 1. The summed E-state index contributed by atoms with van der Waals surface area (Å²) in [5.41, 5.74) is -1.69. The van der Waals surface area contributed by atoms with Gasteiger partial charge in [0, 0.05) is 19.7 Å². The van der Waals surface area contributed by atoms with Crippen molar-refractivity contribution < 1.29 is 19.7 Å². The van der Waals surface area contributed by atoms with Crippen molar-refractivity contribution in [1.82, 2.24) is 5.32 Å². The predicted molar refractivity (Wildman–Crippen MR) is 54.7 cm³/mol. The summed E-state index contributed by atoms with van der Waals surface area (Å²) in [5, 5.41) is 21.1. The van der Waals surface area contributed by atoms with Gasteiger partial charge in [-0.2, -0.15) is 0 Å². The summed E-state index contributed by atoms with van der Waals surface area (Å²) < 4.78 is 5.38. The molecule has 3 N–H and O–H groups in total. The molecule has 1 heterocycles. The predicted octanol–water partition coefficient (Wildman–Crippen LogP) is -0.163. The van der Waals surface area contributed by atoms with Crippen LogP contribution in [-0.4, -0.2) is 47.6 Å². The molecule has 1 fully saturated rings. The van der Waals surface area contributed by atoms with Gasteiger partial charge in [-0.05, 0) is 26.2 Å². The molecule has 15 heavy (non-hydrogen) atoms. The molecule has 5 heteroatoms. The lowest BCUT2D eigenvalue weighted by molar-refractivity contribution is -0.156. The van der Waals surface area contributed by atoms with E-state index in [1.54, 1.807) is 0 Å². The van der Waals surface area contributed by atoms with E-state index in [0.717, 1.165) is 13.0 Å². The molecule has 0 amide bonds. The van der Waals surface area contributed by atoms with E-state index >= 15 is 0 Å². The number of carbonyl (C=O) groups is 1. The Kier molecular flexibility index (Phi) is 4.07. The molecule has 0 saturated carbocycles. The molecule has 1 aliphatic heterocycles. The van der Waals surface area contributed by atoms with Crippen LogP contribution in [0.2, 0.25) is 0 Å². The first-order chi connectivity index (χ1) is 6.93. The molecule has 0 aromatic carbocycles. The second-order valence-corrected chi connectivity index (χ2v) is 4.33. The van der Waals surface area contributed by atoms with E-state index in [0.29, 0.717) is 12.5 Å². The van der Waals surface area contributed by atoms with E-state index in [-0.39, 0.29) is 12.6 Å².